The number of aromatic nitrogens is 1. The number of nitrogens with zero attached hydrogens (tertiary/aromatic N) is 3. The minimum Gasteiger partial charge on any atom is -0.492 e. The fraction of sp³-hybridized carbons (Fsp3) is 0.375. The smallest absolute Gasteiger partial charge is 0.160 e. The van der Waals surface area contributed by atoms with Crippen LogP contribution >= 0.6 is 11.8 Å². The number of pyridine rings is 1. The Kier molecular flexibility index (Phi) is 9.74. The number of carbonyl (C=O) groups excluding carboxylic acids is 1. The first-order valence-electron chi connectivity index (χ1n) is 11.0. The average Bonchev–Trinajstić information content (AvgIpc) is 2.85. The number of hydrogen-bond donors (Lipinski definition) is 3. The summed E-state index contributed by atoms with van der Waals surface area (Å²) in [7, 11) is 3.72. The molecule has 0 aliphatic carbocycles. The Labute approximate surface area is 199 Å². The summed E-state index contributed by atoms with van der Waals surface area (Å²) in [6.07, 6.45) is 6.53. The highest BCUT2D eigenvalue weighted by atomic mass is 32.2. The SMILES string of the molecule is CNCCOc1ccc(C=O)c(CN(C)C(=N)S/C=C/c2cnccc2N2CCNCC2)c1. The molecule has 2 aromatic rings. The van der Waals surface area contributed by atoms with Crippen LogP contribution in [0.4, 0.5) is 5.69 Å². The van der Waals surface area contributed by atoms with Gasteiger partial charge in [-0.3, -0.25) is 15.2 Å². The number of likely N-dealkylation sites (N-methyl/N-ethyl adjacent to an activating group) is 1. The molecule has 2 heterocycles. The fourth-order valence-corrected chi connectivity index (χ4v) is 4.09. The van der Waals surface area contributed by atoms with E-state index in [0.29, 0.717) is 23.9 Å². The van der Waals surface area contributed by atoms with Crippen LogP contribution in [0.2, 0.25) is 0 Å². The Balaban J connectivity index is 1.61. The fourth-order valence-electron chi connectivity index (χ4n) is 3.51. The minimum absolute atomic E-state index is 0.386. The number of hydrogen-bond acceptors (Lipinski definition) is 8. The molecule has 33 heavy (non-hydrogen) atoms. The Hall–Kier alpha value is -2.88. The van der Waals surface area contributed by atoms with Crippen molar-refractivity contribution in [1.82, 2.24) is 20.5 Å². The van der Waals surface area contributed by atoms with Gasteiger partial charge in [0.05, 0.1) is 0 Å². The van der Waals surface area contributed by atoms with Gasteiger partial charge in [0.25, 0.3) is 0 Å². The monoisotopic (exact) mass is 468 g/mol. The summed E-state index contributed by atoms with van der Waals surface area (Å²) in [5, 5.41) is 17.2. The molecule has 0 bridgehead atoms. The first kappa shape index (κ1) is 24.8. The van der Waals surface area contributed by atoms with Crippen molar-refractivity contribution in [3.63, 3.8) is 0 Å². The van der Waals surface area contributed by atoms with Gasteiger partial charge in [0, 0.05) is 75.5 Å². The molecule has 0 amide bonds. The number of aldehydes is 1. The molecular weight excluding hydrogens is 436 g/mol. The van der Waals surface area contributed by atoms with Crippen molar-refractivity contribution in [3.05, 3.63) is 58.8 Å². The molecule has 1 saturated heterocycles. The van der Waals surface area contributed by atoms with Crippen molar-refractivity contribution in [3.8, 4) is 5.75 Å². The molecule has 0 unspecified atom stereocenters. The lowest BCUT2D eigenvalue weighted by molar-refractivity contribution is 0.112. The van der Waals surface area contributed by atoms with Crippen LogP contribution in [0.1, 0.15) is 21.5 Å². The summed E-state index contributed by atoms with van der Waals surface area (Å²) in [5.41, 5.74) is 3.63. The van der Waals surface area contributed by atoms with Crippen LogP contribution in [0.5, 0.6) is 5.75 Å². The van der Waals surface area contributed by atoms with Crippen molar-refractivity contribution < 1.29 is 9.53 Å². The molecular formula is C24H32N6O2S. The molecule has 0 spiro atoms. The van der Waals surface area contributed by atoms with Crippen LogP contribution < -0.4 is 20.3 Å². The van der Waals surface area contributed by atoms with Crippen LogP contribution in [0, 0.1) is 5.41 Å². The van der Waals surface area contributed by atoms with Crippen molar-refractivity contribution in [1.29, 1.82) is 5.41 Å². The third-order valence-electron chi connectivity index (χ3n) is 5.33. The van der Waals surface area contributed by atoms with Gasteiger partial charge in [-0.25, -0.2) is 0 Å². The molecule has 8 nitrogen and oxygen atoms in total. The van der Waals surface area contributed by atoms with E-state index in [9.17, 15) is 4.79 Å². The molecule has 3 rings (SSSR count). The van der Waals surface area contributed by atoms with Crippen LogP contribution in [-0.4, -0.2) is 74.8 Å². The molecule has 1 aliphatic rings. The van der Waals surface area contributed by atoms with Crippen molar-refractivity contribution >= 4 is 35.0 Å². The normalized spacial score (nSPS) is 13.8. The number of thioether (sulfide) groups is 1. The van der Waals surface area contributed by atoms with E-state index < -0.39 is 0 Å². The molecule has 1 fully saturated rings. The van der Waals surface area contributed by atoms with E-state index in [2.05, 4.69) is 20.5 Å². The zero-order chi connectivity index (χ0) is 23.5. The second-order valence-electron chi connectivity index (χ2n) is 7.68. The highest BCUT2D eigenvalue weighted by molar-refractivity contribution is 8.16. The maximum atomic E-state index is 11.5. The lowest BCUT2D eigenvalue weighted by atomic mass is 10.1. The molecule has 0 radical (unpaired) electrons. The van der Waals surface area contributed by atoms with Gasteiger partial charge in [0.1, 0.15) is 18.6 Å². The number of carbonyl (C=O) groups is 1. The highest BCUT2D eigenvalue weighted by Crippen LogP contribution is 2.24. The molecule has 176 valence electrons. The van der Waals surface area contributed by atoms with Gasteiger partial charge in [-0.2, -0.15) is 0 Å². The summed E-state index contributed by atoms with van der Waals surface area (Å²) in [4.78, 5) is 19.9. The quantitative estimate of drug-likeness (QED) is 0.212. The number of rotatable bonds is 10. The molecule has 0 saturated carbocycles. The molecule has 0 atom stereocenters. The zero-order valence-corrected chi connectivity index (χ0v) is 20.0. The number of anilines is 1. The molecule has 1 aliphatic heterocycles. The molecule has 1 aromatic heterocycles. The van der Waals surface area contributed by atoms with Gasteiger partial charge in [0.2, 0.25) is 0 Å². The van der Waals surface area contributed by atoms with Crippen LogP contribution in [0.15, 0.2) is 42.1 Å². The maximum absolute atomic E-state index is 11.5. The third kappa shape index (κ3) is 7.31. The predicted octanol–water partition coefficient (Wildman–Crippen LogP) is 2.67. The van der Waals surface area contributed by atoms with E-state index in [4.69, 9.17) is 10.1 Å². The molecule has 9 heteroatoms. The Bertz CT molecular complexity index is 962. The standard InChI is InChI=1S/C24H32N6O2S/c1-26-10-13-32-22-4-3-20(18-31)21(15-22)17-29(2)24(25)33-14-6-19-16-28-7-5-23(19)30-11-8-27-9-12-30/h3-7,14-16,18,25-27H,8-13,17H2,1-2H3/b14-6+,25-24?. The average molecular weight is 469 g/mol. The van der Waals surface area contributed by atoms with Gasteiger partial charge in [0.15, 0.2) is 5.17 Å². The number of amidine groups is 1. The first-order valence-corrected chi connectivity index (χ1v) is 11.9. The van der Waals surface area contributed by atoms with Gasteiger partial charge in [-0.1, -0.05) is 11.8 Å². The topological polar surface area (TPSA) is 93.6 Å². The largest absolute Gasteiger partial charge is 0.492 e. The van der Waals surface area contributed by atoms with E-state index in [1.54, 1.807) is 12.1 Å². The number of nitrogens with one attached hydrogen (secondary N) is 3. The van der Waals surface area contributed by atoms with E-state index >= 15 is 0 Å². The Morgan fingerprint density at radius 2 is 2.15 bits per heavy atom. The van der Waals surface area contributed by atoms with Gasteiger partial charge >= 0.3 is 0 Å². The number of ether oxygens (including phenoxy) is 1. The number of benzene rings is 1. The first-order chi connectivity index (χ1) is 16.1. The van der Waals surface area contributed by atoms with Crippen molar-refractivity contribution in [2.24, 2.45) is 0 Å². The summed E-state index contributed by atoms with van der Waals surface area (Å²) in [6.45, 7) is 5.61. The predicted molar refractivity (Wildman–Crippen MR) is 136 cm³/mol. The zero-order valence-electron chi connectivity index (χ0n) is 19.2. The van der Waals surface area contributed by atoms with Gasteiger partial charge < -0.3 is 25.2 Å². The van der Waals surface area contributed by atoms with E-state index in [1.165, 1.54) is 11.8 Å². The summed E-state index contributed by atoms with van der Waals surface area (Å²) >= 11 is 1.33. The van der Waals surface area contributed by atoms with Crippen LogP contribution in [0.3, 0.4) is 0 Å². The second kappa shape index (κ2) is 13.0. The van der Waals surface area contributed by atoms with Gasteiger partial charge in [-0.05, 0) is 48.4 Å². The number of piperazine rings is 1. The molecule has 1 aromatic carbocycles. The highest BCUT2D eigenvalue weighted by Gasteiger charge is 2.13. The van der Waals surface area contributed by atoms with Crippen molar-refractivity contribution in [2.75, 3.05) is 58.3 Å². The van der Waals surface area contributed by atoms with E-state index in [-0.39, 0.29) is 0 Å². The maximum Gasteiger partial charge on any atom is 0.160 e. The lowest BCUT2D eigenvalue weighted by Crippen LogP contribution is -2.43. The Morgan fingerprint density at radius 1 is 1.33 bits per heavy atom. The summed E-state index contributed by atoms with van der Waals surface area (Å²) < 4.78 is 5.72. The minimum atomic E-state index is 0.386. The summed E-state index contributed by atoms with van der Waals surface area (Å²) in [6, 6.07) is 7.48. The van der Waals surface area contributed by atoms with Gasteiger partial charge in [-0.15, -0.1) is 0 Å². The van der Waals surface area contributed by atoms with Crippen molar-refractivity contribution in [2.45, 2.75) is 6.54 Å². The summed E-state index contributed by atoms with van der Waals surface area (Å²) in [5.74, 6) is 0.718. The lowest BCUT2D eigenvalue weighted by Gasteiger charge is -2.30. The second-order valence-corrected chi connectivity index (χ2v) is 8.58. The van der Waals surface area contributed by atoms with E-state index in [1.807, 2.05) is 55.0 Å². The van der Waals surface area contributed by atoms with E-state index in [0.717, 1.165) is 61.6 Å². The Morgan fingerprint density at radius 3 is 2.91 bits per heavy atom. The molecule has 3 N–H and O–H groups in total. The van der Waals surface area contributed by atoms with Crippen LogP contribution in [0.25, 0.3) is 6.08 Å². The third-order valence-corrected chi connectivity index (χ3v) is 6.14. The van der Waals surface area contributed by atoms with Crippen LogP contribution in [-0.2, 0) is 6.54 Å².